The van der Waals surface area contributed by atoms with E-state index in [2.05, 4.69) is 0 Å². The maximum Gasteiger partial charge on any atom is 0.261 e. The lowest BCUT2D eigenvalue weighted by atomic mass is 9.97. The molecule has 5 heteroatoms. The Morgan fingerprint density at radius 2 is 2.15 bits per heavy atom. The van der Waals surface area contributed by atoms with Crippen LogP contribution in [0.1, 0.15) is 12.8 Å². The summed E-state index contributed by atoms with van der Waals surface area (Å²) in [5.74, 6) is 0.232. The van der Waals surface area contributed by atoms with E-state index in [1.807, 2.05) is 0 Å². The fourth-order valence-electron chi connectivity index (χ4n) is 1.29. The summed E-state index contributed by atoms with van der Waals surface area (Å²) in [6.07, 6.45) is -0.563. The van der Waals surface area contributed by atoms with Crippen molar-refractivity contribution < 1.29 is 18.6 Å². The molecule has 0 aliphatic heterocycles. The molecular weight excluding hydrogens is 180 g/mol. The van der Waals surface area contributed by atoms with E-state index in [9.17, 15) is 8.78 Å². The maximum absolute atomic E-state index is 11.7. The first-order valence-corrected chi connectivity index (χ1v) is 4.34. The summed E-state index contributed by atoms with van der Waals surface area (Å²) in [4.78, 5) is 0. The molecular formula is C8H15F2NO2. The fraction of sp³-hybridized carbons (Fsp3) is 1.00. The second-order valence-electron chi connectivity index (χ2n) is 3.57. The number of aliphatic hydroxyl groups is 1. The Hall–Kier alpha value is -0.260. The van der Waals surface area contributed by atoms with Crippen LogP contribution in [-0.4, -0.2) is 36.9 Å². The Kier molecular flexibility index (Phi) is 3.58. The first-order chi connectivity index (χ1) is 6.08. The molecule has 1 fully saturated rings. The average Bonchev–Trinajstić information content (AvgIpc) is 2.85. The lowest BCUT2D eigenvalue weighted by Gasteiger charge is -2.26. The Bertz CT molecular complexity index is 164. The van der Waals surface area contributed by atoms with E-state index in [0.29, 0.717) is 0 Å². The molecule has 0 aromatic rings. The topological polar surface area (TPSA) is 55.5 Å². The molecule has 1 rings (SSSR count). The highest BCUT2D eigenvalue weighted by molar-refractivity contribution is 4.98. The van der Waals surface area contributed by atoms with Gasteiger partial charge in [0.1, 0.15) is 6.61 Å². The first-order valence-electron chi connectivity index (χ1n) is 4.34. The van der Waals surface area contributed by atoms with Crippen molar-refractivity contribution >= 4 is 0 Å². The molecule has 1 aliphatic carbocycles. The summed E-state index contributed by atoms with van der Waals surface area (Å²) in [5.41, 5.74) is 4.96. The van der Waals surface area contributed by atoms with Gasteiger partial charge in [0.2, 0.25) is 0 Å². The maximum atomic E-state index is 11.7. The molecule has 0 bridgehead atoms. The lowest BCUT2D eigenvalue weighted by Crippen LogP contribution is -2.50. The van der Waals surface area contributed by atoms with Crippen molar-refractivity contribution in [1.29, 1.82) is 0 Å². The number of hydrogen-bond donors (Lipinski definition) is 2. The fourth-order valence-corrected chi connectivity index (χ4v) is 1.29. The van der Waals surface area contributed by atoms with Gasteiger partial charge in [0.25, 0.3) is 6.43 Å². The monoisotopic (exact) mass is 195 g/mol. The summed E-state index contributed by atoms with van der Waals surface area (Å²) >= 11 is 0. The Balaban J connectivity index is 2.23. The molecule has 1 saturated carbocycles. The molecule has 0 radical (unpaired) electrons. The molecule has 0 aromatic carbocycles. The van der Waals surface area contributed by atoms with Crippen molar-refractivity contribution in [3.63, 3.8) is 0 Å². The van der Waals surface area contributed by atoms with E-state index >= 15 is 0 Å². The number of aliphatic hydroxyl groups excluding tert-OH is 1. The van der Waals surface area contributed by atoms with Crippen LogP contribution in [-0.2, 0) is 4.74 Å². The normalized spacial score (nSPS) is 21.9. The van der Waals surface area contributed by atoms with Crippen LogP contribution in [0.25, 0.3) is 0 Å². The van der Waals surface area contributed by atoms with Crippen LogP contribution in [0, 0.1) is 5.92 Å². The predicted molar refractivity (Wildman–Crippen MR) is 43.6 cm³/mol. The van der Waals surface area contributed by atoms with E-state index in [-0.39, 0.29) is 19.1 Å². The van der Waals surface area contributed by atoms with Crippen molar-refractivity contribution in [2.75, 3.05) is 19.8 Å². The van der Waals surface area contributed by atoms with Gasteiger partial charge in [0.05, 0.1) is 18.8 Å². The lowest BCUT2D eigenvalue weighted by molar-refractivity contribution is -0.0162. The van der Waals surface area contributed by atoms with Gasteiger partial charge in [-0.25, -0.2) is 8.78 Å². The van der Waals surface area contributed by atoms with E-state index in [4.69, 9.17) is 15.6 Å². The van der Waals surface area contributed by atoms with Crippen molar-refractivity contribution in [2.45, 2.75) is 24.8 Å². The average molecular weight is 195 g/mol. The summed E-state index contributed by atoms with van der Waals surface area (Å²) < 4.78 is 28.1. The van der Waals surface area contributed by atoms with E-state index in [1.54, 1.807) is 0 Å². The minimum Gasteiger partial charge on any atom is -0.394 e. The number of ether oxygens (including phenoxy) is 1. The number of halogens is 2. The molecule has 1 unspecified atom stereocenters. The van der Waals surface area contributed by atoms with Crippen LogP contribution in [0.4, 0.5) is 8.78 Å². The zero-order valence-corrected chi connectivity index (χ0v) is 7.38. The Morgan fingerprint density at radius 3 is 2.54 bits per heavy atom. The Morgan fingerprint density at radius 1 is 1.54 bits per heavy atom. The van der Waals surface area contributed by atoms with E-state index < -0.39 is 18.6 Å². The van der Waals surface area contributed by atoms with Crippen molar-refractivity contribution in [3.8, 4) is 0 Å². The predicted octanol–water partition coefficient (Wildman–Crippen LogP) is 0.368. The van der Waals surface area contributed by atoms with Crippen LogP contribution in [0.15, 0.2) is 0 Å². The smallest absolute Gasteiger partial charge is 0.261 e. The van der Waals surface area contributed by atoms with Gasteiger partial charge >= 0.3 is 0 Å². The third kappa shape index (κ3) is 3.17. The minimum absolute atomic E-state index is 0.0124. The molecule has 1 aliphatic rings. The SMILES string of the molecule is NC(CO)(COCC(F)F)C1CC1. The summed E-state index contributed by atoms with van der Waals surface area (Å²) in [7, 11) is 0. The molecule has 1 atom stereocenters. The van der Waals surface area contributed by atoms with Gasteiger partial charge < -0.3 is 15.6 Å². The zero-order valence-electron chi connectivity index (χ0n) is 7.38. The van der Waals surface area contributed by atoms with Crippen LogP contribution < -0.4 is 5.73 Å². The van der Waals surface area contributed by atoms with E-state index in [0.717, 1.165) is 12.8 Å². The van der Waals surface area contributed by atoms with Gasteiger partial charge in [-0.15, -0.1) is 0 Å². The number of alkyl halides is 2. The number of rotatable bonds is 6. The minimum atomic E-state index is -2.47. The van der Waals surface area contributed by atoms with Crippen LogP contribution in [0.2, 0.25) is 0 Å². The number of hydrogen-bond acceptors (Lipinski definition) is 3. The standard InChI is InChI=1S/C8H15F2NO2/c9-7(10)3-13-5-8(11,4-12)6-1-2-6/h6-7,12H,1-5,11H2. The zero-order chi connectivity index (χ0) is 9.90. The van der Waals surface area contributed by atoms with Crippen molar-refractivity contribution in [2.24, 2.45) is 11.7 Å². The molecule has 0 saturated heterocycles. The van der Waals surface area contributed by atoms with Crippen LogP contribution in [0.5, 0.6) is 0 Å². The summed E-state index contributed by atoms with van der Waals surface area (Å²) in [6.45, 7) is -0.801. The number of nitrogens with two attached hydrogens (primary N) is 1. The molecule has 0 heterocycles. The summed E-state index contributed by atoms with van der Waals surface area (Å²) in [5, 5.41) is 8.97. The van der Waals surface area contributed by atoms with E-state index in [1.165, 1.54) is 0 Å². The quantitative estimate of drug-likeness (QED) is 0.643. The summed E-state index contributed by atoms with van der Waals surface area (Å²) in [6, 6.07) is 0. The molecule has 13 heavy (non-hydrogen) atoms. The van der Waals surface area contributed by atoms with Gasteiger partial charge in [-0.2, -0.15) is 0 Å². The second-order valence-corrected chi connectivity index (χ2v) is 3.57. The third-order valence-electron chi connectivity index (χ3n) is 2.30. The largest absolute Gasteiger partial charge is 0.394 e. The van der Waals surface area contributed by atoms with Gasteiger partial charge in [0.15, 0.2) is 0 Å². The molecule has 0 aromatic heterocycles. The van der Waals surface area contributed by atoms with Gasteiger partial charge in [-0.3, -0.25) is 0 Å². The molecule has 0 spiro atoms. The molecule has 78 valence electrons. The third-order valence-corrected chi connectivity index (χ3v) is 2.30. The van der Waals surface area contributed by atoms with Gasteiger partial charge in [0, 0.05) is 0 Å². The van der Waals surface area contributed by atoms with Crippen molar-refractivity contribution in [1.82, 2.24) is 0 Å². The van der Waals surface area contributed by atoms with Gasteiger partial charge in [-0.1, -0.05) is 0 Å². The van der Waals surface area contributed by atoms with Crippen molar-refractivity contribution in [3.05, 3.63) is 0 Å². The highest BCUT2D eigenvalue weighted by Gasteiger charge is 2.42. The molecule has 3 nitrogen and oxygen atoms in total. The van der Waals surface area contributed by atoms with Crippen LogP contribution in [0.3, 0.4) is 0 Å². The van der Waals surface area contributed by atoms with Gasteiger partial charge in [-0.05, 0) is 18.8 Å². The first kappa shape index (κ1) is 10.8. The Labute approximate surface area is 75.9 Å². The molecule has 3 N–H and O–H groups in total. The highest BCUT2D eigenvalue weighted by Crippen LogP contribution is 2.38. The van der Waals surface area contributed by atoms with Crippen LogP contribution >= 0.6 is 0 Å². The highest BCUT2D eigenvalue weighted by atomic mass is 19.3. The second kappa shape index (κ2) is 4.30. The molecule has 0 amide bonds.